The molecule has 0 amide bonds. The second-order valence-electron chi connectivity index (χ2n) is 15.7. The molecule has 0 aromatic heterocycles. The van der Waals surface area contributed by atoms with Crippen LogP contribution in [0.25, 0.3) is 0 Å². The summed E-state index contributed by atoms with van der Waals surface area (Å²) >= 11 is 0. The standard InChI is InChI=1S/C42H64N6Si/c1-26-20-33(43(8)9)23-36(46(14)15)39(26)49(42-31(6)29(4)30(5)32(42)7,40-27(2)21-34(44(10)11)24-37(40)47(16)17)41-28(3)22-35(45(12)13)25-38(41)48(18)19/h20-25,31H,1-19H3. The predicted octanol–water partition coefficient (Wildman–Crippen LogP) is 6.32. The molecule has 3 aromatic rings. The Balaban J connectivity index is 2.56. The van der Waals surface area contributed by atoms with E-state index >= 15 is 0 Å². The smallest absolute Gasteiger partial charge is 0.184 e. The Morgan fingerprint density at radius 1 is 0.408 bits per heavy atom. The molecule has 0 saturated carbocycles. The Labute approximate surface area is 300 Å². The largest absolute Gasteiger partial charge is 0.378 e. The van der Waals surface area contributed by atoms with E-state index in [4.69, 9.17) is 0 Å². The fraction of sp³-hybridized carbons (Fsp3) is 0.476. The van der Waals surface area contributed by atoms with Crippen molar-refractivity contribution in [3.05, 3.63) is 75.0 Å². The SMILES string of the molecule is CC1=C(C)C(C)C([Si](c2c(C)cc(N(C)C)cc2N(C)C)(c2c(C)cc(N(C)C)cc2N(C)C)c2c(C)cc(N(C)C)cc2N(C)C)=C1C. The Bertz CT molecular complexity index is 1640. The van der Waals surface area contributed by atoms with Crippen molar-refractivity contribution in [1.29, 1.82) is 0 Å². The maximum Gasteiger partial charge on any atom is 0.184 e. The van der Waals surface area contributed by atoms with Gasteiger partial charge in [0.15, 0.2) is 8.07 Å². The van der Waals surface area contributed by atoms with Crippen LogP contribution >= 0.6 is 0 Å². The molecule has 0 radical (unpaired) electrons. The molecule has 0 heterocycles. The van der Waals surface area contributed by atoms with Crippen LogP contribution in [0.5, 0.6) is 0 Å². The molecule has 3 aromatic carbocycles. The van der Waals surface area contributed by atoms with Crippen LogP contribution in [-0.2, 0) is 0 Å². The van der Waals surface area contributed by atoms with Crippen LogP contribution in [-0.4, -0.2) is 92.6 Å². The summed E-state index contributed by atoms with van der Waals surface area (Å²) in [6, 6.07) is 14.6. The van der Waals surface area contributed by atoms with E-state index in [1.807, 2.05) is 0 Å². The van der Waals surface area contributed by atoms with Crippen LogP contribution in [0.4, 0.5) is 34.1 Å². The maximum atomic E-state index is 2.48. The summed E-state index contributed by atoms with van der Waals surface area (Å²) < 4.78 is 0. The van der Waals surface area contributed by atoms with E-state index in [1.165, 1.54) is 83.1 Å². The molecule has 1 unspecified atom stereocenters. The quantitative estimate of drug-likeness (QED) is 0.183. The Morgan fingerprint density at radius 3 is 0.898 bits per heavy atom. The lowest BCUT2D eigenvalue weighted by Crippen LogP contribution is -2.73. The fourth-order valence-electron chi connectivity index (χ4n) is 8.29. The summed E-state index contributed by atoms with van der Waals surface area (Å²) in [4.78, 5) is 13.9. The molecule has 0 spiro atoms. The van der Waals surface area contributed by atoms with Gasteiger partial charge in [0.1, 0.15) is 0 Å². The van der Waals surface area contributed by atoms with Crippen LogP contribution in [0.2, 0.25) is 0 Å². The number of anilines is 6. The molecular weight excluding hydrogens is 617 g/mol. The minimum atomic E-state index is -3.17. The highest BCUT2D eigenvalue weighted by molar-refractivity contribution is 7.18. The predicted molar refractivity (Wildman–Crippen MR) is 224 cm³/mol. The lowest BCUT2D eigenvalue weighted by Gasteiger charge is -2.46. The van der Waals surface area contributed by atoms with Crippen LogP contribution in [0, 0.1) is 26.7 Å². The third-order valence-corrected chi connectivity index (χ3v) is 16.9. The number of rotatable bonds is 10. The zero-order valence-corrected chi connectivity index (χ0v) is 35.2. The molecule has 4 rings (SSSR count). The summed E-state index contributed by atoms with van der Waals surface area (Å²) in [5, 5.41) is 6.07. The van der Waals surface area contributed by atoms with Gasteiger partial charge >= 0.3 is 0 Å². The van der Waals surface area contributed by atoms with Crippen molar-refractivity contribution in [3.8, 4) is 0 Å². The Morgan fingerprint density at radius 2 is 0.694 bits per heavy atom. The number of hydrogen-bond acceptors (Lipinski definition) is 6. The van der Waals surface area contributed by atoms with Gasteiger partial charge in [0.05, 0.1) is 0 Å². The number of nitrogens with zero attached hydrogens (tertiary/aromatic N) is 6. The first kappa shape index (κ1) is 38.0. The van der Waals surface area contributed by atoms with E-state index < -0.39 is 8.07 Å². The van der Waals surface area contributed by atoms with Crippen molar-refractivity contribution in [1.82, 2.24) is 0 Å². The van der Waals surface area contributed by atoms with Crippen molar-refractivity contribution >= 4 is 57.8 Å². The summed E-state index contributed by atoms with van der Waals surface area (Å²) in [5.74, 6) is 0.292. The van der Waals surface area contributed by atoms with Crippen molar-refractivity contribution < 1.29 is 0 Å². The first-order chi connectivity index (χ1) is 22.7. The van der Waals surface area contributed by atoms with Gasteiger partial charge in [-0.2, -0.15) is 0 Å². The molecule has 0 fully saturated rings. The molecule has 49 heavy (non-hydrogen) atoms. The fourth-order valence-corrected chi connectivity index (χ4v) is 15.5. The molecule has 1 aliphatic rings. The lowest BCUT2D eigenvalue weighted by molar-refractivity contribution is 0.851. The minimum absolute atomic E-state index is 0.292. The lowest BCUT2D eigenvalue weighted by atomic mass is 10.1. The van der Waals surface area contributed by atoms with E-state index in [9.17, 15) is 0 Å². The van der Waals surface area contributed by atoms with Gasteiger partial charge in [-0.3, -0.25) is 0 Å². The summed E-state index contributed by atoms with van der Waals surface area (Å²) in [6.45, 7) is 16.7. The topological polar surface area (TPSA) is 19.4 Å². The molecule has 7 heteroatoms. The monoisotopic (exact) mass is 680 g/mol. The van der Waals surface area contributed by atoms with Gasteiger partial charge < -0.3 is 29.4 Å². The van der Waals surface area contributed by atoms with Gasteiger partial charge in [-0.15, -0.1) is 0 Å². The molecule has 0 aliphatic heterocycles. The second kappa shape index (κ2) is 13.8. The molecule has 0 saturated heterocycles. The van der Waals surface area contributed by atoms with E-state index in [-0.39, 0.29) is 0 Å². The second-order valence-corrected chi connectivity index (χ2v) is 19.2. The molecule has 1 aliphatic carbocycles. The van der Waals surface area contributed by atoms with Crippen LogP contribution < -0.4 is 45.0 Å². The molecule has 0 bridgehead atoms. The van der Waals surface area contributed by atoms with Gasteiger partial charge in [0.25, 0.3) is 0 Å². The van der Waals surface area contributed by atoms with Crippen molar-refractivity contribution in [2.45, 2.75) is 48.5 Å². The highest BCUT2D eigenvalue weighted by Crippen LogP contribution is 2.45. The van der Waals surface area contributed by atoms with Crippen molar-refractivity contribution in [3.63, 3.8) is 0 Å². The van der Waals surface area contributed by atoms with Gasteiger partial charge in [-0.25, -0.2) is 0 Å². The van der Waals surface area contributed by atoms with Crippen molar-refractivity contribution in [2.75, 3.05) is 114 Å². The van der Waals surface area contributed by atoms with E-state index in [2.05, 4.69) is 199 Å². The van der Waals surface area contributed by atoms with Gasteiger partial charge in [0, 0.05) is 119 Å². The zero-order chi connectivity index (χ0) is 37.0. The van der Waals surface area contributed by atoms with Crippen LogP contribution in [0.3, 0.4) is 0 Å². The first-order valence-corrected chi connectivity index (χ1v) is 19.6. The molecule has 1 atom stereocenters. The van der Waals surface area contributed by atoms with Crippen LogP contribution in [0.1, 0.15) is 44.4 Å². The van der Waals surface area contributed by atoms with Gasteiger partial charge in [-0.1, -0.05) is 23.3 Å². The third kappa shape index (κ3) is 6.24. The van der Waals surface area contributed by atoms with Gasteiger partial charge in [-0.05, 0) is 122 Å². The number of allylic oxidation sites excluding steroid dienone is 4. The summed E-state index contributed by atoms with van der Waals surface area (Å²) in [5.41, 5.74) is 16.0. The highest BCUT2D eigenvalue weighted by atomic mass is 28.3. The van der Waals surface area contributed by atoms with E-state index in [1.54, 1.807) is 5.20 Å². The average Bonchev–Trinajstić information content (AvgIpc) is 3.19. The van der Waals surface area contributed by atoms with Crippen LogP contribution in [0.15, 0.2) is 58.3 Å². The van der Waals surface area contributed by atoms with Crippen molar-refractivity contribution in [2.24, 2.45) is 5.92 Å². The number of hydrogen-bond donors (Lipinski definition) is 0. The molecule has 0 N–H and O–H groups in total. The van der Waals surface area contributed by atoms with Gasteiger partial charge in [0.2, 0.25) is 0 Å². The number of aryl methyl sites for hydroxylation is 3. The summed E-state index contributed by atoms with van der Waals surface area (Å²) in [6.07, 6.45) is 0. The van der Waals surface area contributed by atoms with E-state index in [0.29, 0.717) is 5.92 Å². The number of benzene rings is 3. The average molecular weight is 681 g/mol. The normalized spacial score (nSPS) is 14.9. The molecule has 266 valence electrons. The first-order valence-electron chi connectivity index (χ1n) is 17.6. The summed E-state index contributed by atoms with van der Waals surface area (Å²) in [7, 11) is 23.2. The molecular formula is C42H64N6Si. The Hall–Kier alpha value is -3.84. The van der Waals surface area contributed by atoms with E-state index in [0.717, 1.165) is 0 Å². The molecule has 6 nitrogen and oxygen atoms in total. The highest BCUT2D eigenvalue weighted by Gasteiger charge is 2.54. The third-order valence-electron chi connectivity index (χ3n) is 11.1. The maximum absolute atomic E-state index is 3.17. The Kier molecular flexibility index (Phi) is 10.7. The minimum Gasteiger partial charge on any atom is -0.378 e. The zero-order valence-electron chi connectivity index (χ0n) is 34.2.